The Morgan fingerprint density at radius 2 is 1.97 bits per heavy atom. The van der Waals surface area contributed by atoms with Crippen LogP contribution >= 0.6 is 0 Å². The summed E-state index contributed by atoms with van der Waals surface area (Å²) in [6.45, 7) is 4.61. The number of phenols is 1. The Bertz CT molecular complexity index is 967. The van der Waals surface area contributed by atoms with E-state index in [9.17, 15) is 5.11 Å². The summed E-state index contributed by atoms with van der Waals surface area (Å²) in [6, 6.07) is 7.01. The molecule has 9 heteroatoms. The van der Waals surface area contributed by atoms with Gasteiger partial charge in [-0.25, -0.2) is 14.6 Å². The molecule has 2 aromatic heterocycles. The summed E-state index contributed by atoms with van der Waals surface area (Å²) in [6.07, 6.45) is 2.07. The molecular weight excluding hydrogens is 370 g/mol. The van der Waals surface area contributed by atoms with Crippen molar-refractivity contribution in [3.63, 3.8) is 0 Å². The average Bonchev–Trinajstić information content (AvgIpc) is 3.14. The molecule has 0 amide bonds. The number of hydrogen-bond acceptors (Lipinski definition) is 8. The van der Waals surface area contributed by atoms with E-state index >= 15 is 0 Å². The number of ether oxygens (including phenoxy) is 1. The normalized spacial score (nSPS) is 14.8. The fourth-order valence-electron chi connectivity index (χ4n) is 3.45. The predicted octanol–water partition coefficient (Wildman–Crippen LogP) is 1.77. The van der Waals surface area contributed by atoms with Gasteiger partial charge in [0.15, 0.2) is 22.8 Å². The van der Waals surface area contributed by atoms with Crippen molar-refractivity contribution in [2.75, 3.05) is 51.8 Å². The van der Waals surface area contributed by atoms with Crippen LogP contribution < -0.4 is 4.90 Å². The predicted molar refractivity (Wildman–Crippen MR) is 111 cm³/mol. The first kappa shape index (κ1) is 19.5. The first-order chi connectivity index (χ1) is 14.1. The lowest BCUT2D eigenvalue weighted by Crippen LogP contribution is -2.37. The first-order valence-electron chi connectivity index (χ1n) is 10.00. The third kappa shape index (κ3) is 4.46. The van der Waals surface area contributed by atoms with Crippen LogP contribution in [0, 0.1) is 0 Å². The molecule has 0 unspecified atom stereocenters. The fraction of sp³-hybridized carbons (Fsp3) is 0.500. The van der Waals surface area contributed by atoms with Crippen LogP contribution in [0.1, 0.15) is 12.8 Å². The molecule has 3 heterocycles. The van der Waals surface area contributed by atoms with Gasteiger partial charge in [-0.2, -0.15) is 0 Å². The summed E-state index contributed by atoms with van der Waals surface area (Å²) in [5.41, 5.74) is 2.20. The van der Waals surface area contributed by atoms with Crippen molar-refractivity contribution in [1.29, 1.82) is 0 Å². The molecule has 1 aliphatic heterocycles. The van der Waals surface area contributed by atoms with Crippen LogP contribution in [0.15, 0.2) is 24.3 Å². The minimum Gasteiger partial charge on any atom is -0.508 e. The second-order valence-corrected chi connectivity index (χ2v) is 7.52. The van der Waals surface area contributed by atoms with Crippen molar-refractivity contribution in [2.24, 2.45) is 0 Å². The van der Waals surface area contributed by atoms with Gasteiger partial charge in [0.2, 0.25) is 0 Å². The summed E-state index contributed by atoms with van der Waals surface area (Å²) in [4.78, 5) is 13.9. The van der Waals surface area contributed by atoms with Crippen molar-refractivity contribution in [2.45, 2.75) is 19.4 Å². The van der Waals surface area contributed by atoms with E-state index in [1.807, 2.05) is 10.7 Å². The summed E-state index contributed by atoms with van der Waals surface area (Å²) in [7, 11) is 4.16. The monoisotopic (exact) mass is 397 g/mol. The zero-order valence-electron chi connectivity index (χ0n) is 17.0. The molecule has 1 N–H and O–H groups in total. The minimum atomic E-state index is 0.189. The highest BCUT2D eigenvalue weighted by atomic mass is 16.5. The molecule has 29 heavy (non-hydrogen) atoms. The van der Waals surface area contributed by atoms with Gasteiger partial charge >= 0.3 is 0 Å². The Kier molecular flexibility index (Phi) is 5.86. The summed E-state index contributed by atoms with van der Waals surface area (Å²) < 4.78 is 7.35. The Labute approximate surface area is 169 Å². The van der Waals surface area contributed by atoms with Crippen molar-refractivity contribution in [3.05, 3.63) is 24.3 Å². The summed E-state index contributed by atoms with van der Waals surface area (Å²) in [5, 5.41) is 18.7. The van der Waals surface area contributed by atoms with E-state index in [1.54, 1.807) is 18.2 Å². The van der Waals surface area contributed by atoms with Gasteiger partial charge in [0.1, 0.15) is 5.75 Å². The smallest absolute Gasteiger partial charge is 0.184 e. The van der Waals surface area contributed by atoms with Crippen LogP contribution in [0.25, 0.3) is 22.6 Å². The lowest BCUT2D eigenvalue weighted by atomic mass is 10.2. The quantitative estimate of drug-likeness (QED) is 0.603. The highest BCUT2D eigenvalue weighted by molar-refractivity contribution is 5.85. The zero-order chi connectivity index (χ0) is 20.2. The van der Waals surface area contributed by atoms with Gasteiger partial charge in [-0.05, 0) is 45.6 Å². The van der Waals surface area contributed by atoms with Gasteiger partial charge in [0.25, 0.3) is 0 Å². The van der Waals surface area contributed by atoms with E-state index in [-0.39, 0.29) is 5.75 Å². The SMILES string of the molecule is CN(C)CCCCn1nnc2c(N3CCOCC3)nc(-c3cccc(O)c3)nc21. The zero-order valence-corrected chi connectivity index (χ0v) is 17.0. The molecule has 0 radical (unpaired) electrons. The van der Waals surface area contributed by atoms with Crippen LogP contribution in [-0.4, -0.2) is 81.9 Å². The van der Waals surface area contributed by atoms with Gasteiger partial charge < -0.3 is 19.6 Å². The maximum atomic E-state index is 9.89. The van der Waals surface area contributed by atoms with Crippen LogP contribution in [0.2, 0.25) is 0 Å². The molecule has 1 saturated heterocycles. The Morgan fingerprint density at radius 1 is 1.14 bits per heavy atom. The van der Waals surface area contributed by atoms with E-state index in [0.717, 1.165) is 56.0 Å². The molecule has 0 saturated carbocycles. The van der Waals surface area contributed by atoms with Crippen molar-refractivity contribution in [3.8, 4) is 17.1 Å². The number of anilines is 1. The molecule has 1 aromatic carbocycles. The molecule has 154 valence electrons. The van der Waals surface area contributed by atoms with Crippen molar-refractivity contribution >= 4 is 17.0 Å². The maximum Gasteiger partial charge on any atom is 0.184 e. The van der Waals surface area contributed by atoms with E-state index < -0.39 is 0 Å². The Morgan fingerprint density at radius 3 is 2.72 bits per heavy atom. The molecule has 0 atom stereocenters. The van der Waals surface area contributed by atoms with Crippen LogP contribution in [0.4, 0.5) is 5.82 Å². The Balaban J connectivity index is 1.72. The summed E-state index contributed by atoms with van der Waals surface area (Å²) in [5.74, 6) is 1.53. The number of rotatable bonds is 7. The number of aromatic hydroxyl groups is 1. The Hall–Kier alpha value is -2.78. The average molecular weight is 397 g/mol. The maximum absolute atomic E-state index is 9.89. The molecule has 4 rings (SSSR count). The molecular formula is C20H27N7O2. The molecule has 0 aliphatic carbocycles. The number of phenolic OH excluding ortho intramolecular Hbond substituents is 1. The van der Waals surface area contributed by atoms with E-state index in [4.69, 9.17) is 14.7 Å². The van der Waals surface area contributed by atoms with Crippen LogP contribution in [-0.2, 0) is 11.3 Å². The third-order valence-corrected chi connectivity index (χ3v) is 4.98. The molecule has 9 nitrogen and oxygen atoms in total. The van der Waals surface area contributed by atoms with Crippen molar-refractivity contribution < 1.29 is 9.84 Å². The van der Waals surface area contributed by atoms with Crippen LogP contribution in [0.5, 0.6) is 5.75 Å². The van der Waals surface area contributed by atoms with Gasteiger partial charge in [-0.1, -0.05) is 17.3 Å². The number of unbranched alkanes of at least 4 members (excludes halogenated alkanes) is 1. The molecule has 0 spiro atoms. The second kappa shape index (κ2) is 8.71. The standard InChI is InChI=1S/C20H27N7O2/c1-25(2)8-3-4-9-27-20-17(23-24-27)19(26-10-12-29-13-11-26)21-18(22-20)15-6-5-7-16(28)14-15/h5-7,14,28H,3-4,8-13H2,1-2H3. The number of fused-ring (bicyclic) bond motifs is 1. The first-order valence-corrected chi connectivity index (χ1v) is 10.00. The topological polar surface area (TPSA) is 92.4 Å². The highest BCUT2D eigenvalue weighted by Crippen LogP contribution is 2.28. The van der Waals surface area contributed by atoms with E-state index in [0.29, 0.717) is 24.6 Å². The fourth-order valence-corrected chi connectivity index (χ4v) is 3.45. The number of benzene rings is 1. The number of aryl methyl sites for hydroxylation is 1. The largest absolute Gasteiger partial charge is 0.508 e. The van der Waals surface area contributed by atoms with Gasteiger partial charge in [-0.15, -0.1) is 5.10 Å². The van der Waals surface area contributed by atoms with Gasteiger partial charge in [0, 0.05) is 25.2 Å². The number of hydrogen-bond donors (Lipinski definition) is 1. The summed E-state index contributed by atoms with van der Waals surface area (Å²) >= 11 is 0. The lowest BCUT2D eigenvalue weighted by molar-refractivity contribution is 0.122. The molecule has 1 aliphatic rings. The minimum absolute atomic E-state index is 0.189. The van der Waals surface area contributed by atoms with E-state index in [1.165, 1.54) is 0 Å². The number of aromatic nitrogens is 5. The number of morpholine rings is 1. The lowest BCUT2D eigenvalue weighted by Gasteiger charge is -2.28. The van der Waals surface area contributed by atoms with E-state index in [2.05, 4.69) is 34.2 Å². The van der Waals surface area contributed by atoms with Gasteiger partial charge in [0.05, 0.1) is 13.2 Å². The molecule has 1 fully saturated rings. The molecule has 0 bridgehead atoms. The third-order valence-electron chi connectivity index (χ3n) is 4.98. The molecule has 3 aromatic rings. The highest BCUT2D eigenvalue weighted by Gasteiger charge is 2.22. The van der Waals surface area contributed by atoms with Gasteiger partial charge in [-0.3, -0.25) is 0 Å². The van der Waals surface area contributed by atoms with Crippen LogP contribution in [0.3, 0.4) is 0 Å². The number of nitrogens with zero attached hydrogens (tertiary/aromatic N) is 7. The van der Waals surface area contributed by atoms with Crippen molar-refractivity contribution in [1.82, 2.24) is 29.9 Å². The second-order valence-electron chi connectivity index (χ2n) is 7.52.